The van der Waals surface area contributed by atoms with Crippen LogP contribution in [0.5, 0.6) is 0 Å². The van der Waals surface area contributed by atoms with Gasteiger partial charge in [-0.3, -0.25) is 4.79 Å². The van der Waals surface area contributed by atoms with Gasteiger partial charge in [0.15, 0.2) is 0 Å². The van der Waals surface area contributed by atoms with Gasteiger partial charge in [0, 0.05) is 25.6 Å². The molecule has 19 heavy (non-hydrogen) atoms. The van der Waals surface area contributed by atoms with Crippen LogP contribution in [-0.2, 0) is 4.79 Å². The summed E-state index contributed by atoms with van der Waals surface area (Å²) in [5.41, 5.74) is 0. The molecule has 0 saturated heterocycles. The predicted molar refractivity (Wildman–Crippen MR) is 78.1 cm³/mol. The van der Waals surface area contributed by atoms with Crippen molar-refractivity contribution >= 4 is 5.91 Å². The molecule has 1 aliphatic rings. The lowest BCUT2D eigenvalue weighted by Crippen LogP contribution is -2.38. The Labute approximate surface area is 117 Å². The first-order chi connectivity index (χ1) is 9.26. The lowest BCUT2D eigenvalue weighted by molar-refractivity contribution is -0.122. The zero-order chi connectivity index (χ0) is 13.9. The first kappa shape index (κ1) is 16.4. The SMILES string of the molecule is CCCCN(CCO)CCC(=O)NC1CCCCC1. The summed E-state index contributed by atoms with van der Waals surface area (Å²) in [7, 11) is 0. The largest absolute Gasteiger partial charge is 0.395 e. The molecule has 1 fully saturated rings. The number of nitrogens with one attached hydrogen (secondary N) is 1. The van der Waals surface area contributed by atoms with Crippen LogP contribution in [0.1, 0.15) is 58.3 Å². The molecule has 1 saturated carbocycles. The van der Waals surface area contributed by atoms with Crippen LogP contribution in [-0.4, -0.2) is 48.2 Å². The first-order valence-corrected chi connectivity index (χ1v) is 7.88. The zero-order valence-electron chi connectivity index (χ0n) is 12.4. The maximum absolute atomic E-state index is 11.9. The normalized spacial score (nSPS) is 16.8. The third-order valence-corrected chi connectivity index (χ3v) is 3.87. The van der Waals surface area contributed by atoms with Crippen LogP contribution < -0.4 is 5.32 Å². The molecule has 0 unspecified atom stereocenters. The van der Waals surface area contributed by atoms with Gasteiger partial charge in [0.1, 0.15) is 0 Å². The summed E-state index contributed by atoms with van der Waals surface area (Å²) < 4.78 is 0. The average Bonchev–Trinajstić information content (AvgIpc) is 2.43. The smallest absolute Gasteiger partial charge is 0.221 e. The molecule has 1 amide bonds. The zero-order valence-corrected chi connectivity index (χ0v) is 12.4. The minimum absolute atomic E-state index is 0.173. The van der Waals surface area contributed by atoms with E-state index in [2.05, 4.69) is 17.1 Å². The molecule has 1 aliphatic carbocycles. The third-order valence-electron chi connectivity index (χ3n) is 3.87. The Hall–Kier alpha value is -0.610. The topological polar surface area (TPSA) is 52.6 Å². The first-order valence-electron chi connectivity index (χ1n) is 7.88. The summed E-state index contributed by atoms with van der Waals surface area (Å²) >= 11 is 0. The van der Waals surface area contributed by atoms with E-state index in [1.165, 1.54) is 19.3 Å². The monoisotopic (exact) mass is 270 g/mol. The van der Waals surface area contributed by atoms with Gasteiger partial charge in [0.05, 0.1) is 6.61 Å². The third kappa shape index (κ3) is 7.53. The van der Waals surface area contributed by atoms with Crippen LogP contribution in [0, 0.1) is 0 Å². The number of carbonyl (C=O) groups excluding carboxylic acids is 1. The summed E-state index contributed by atoms with van der Waals surface area (Å²) in [5.74, 6) is 0.173. The highest BCUT2D eigenvalue weighted by Crippen LogP contribution is 2.17. The molecular formula is C15H30N2O2. The van der Waals surface area contributed by atoms with Crippen molar-refractivity contribution in [3.63, 3.8) is 0 Å². The van der Waals surface area contributed by atoms with E-state index < -0.39 is 0 Å². The van der Waals surface area contributed by atoms with E-state index in [9.17, 15) is 4.79 Å². The second-order valence-electron chi connectivity index (χ2n) is 5.57. The molecule has 4 nitrogen and oxygen atoms in total. The van der Waals surface area contributed by atoms with Gasteiger partial charge >= 0.3 is 0 Å². The van der Waals surface area contributed by atoms with Gasteiger partial charge in [-0.2, -0.15) is 0 Å². The molecule has 0 aromatic carbocycles. The second-order valence-corrected chi connectivity index (χ2v) is 5.57. The van der Waals surface area contributed by atoms with Crippen molar-refractivity contribution in [1.29, 1.82) is 0 Å². The number of rotatable bonds is 9. The van der Waals surface area contributed by atoms with Crippen molar-refractivity contribution in [3.8, 4) is 0 Å². The molecular weight excluding hydrogens is 240 g/mol. The number of aliphatic hydroxyl groups excluding tert-OH is 1. The Kier molecular flexibility index (Phi) is 8.84. The van der Waals surface area contributed by atoms with E-state index in [0.29, 0.717) is 19.0 Å². The maximum atomic E-state index is 11.9. The number of carbonyl (C=O) groups is 1. The standard InChI is InChI=1S/C15H30N2O2/c1-2-3-10-17(12-13-18)11-9-15(19)16-14-7-5-4-6-8-14/h14,18H,2-13H2,1H3,(H,16,19). The molecule has 0 radical (unpaired) electrons. The summed E-state index contributed by atoms with van der Waals surface area (Å²) in [4.78, 5) is 14.1. The fraction of sp³-hybridized carbons (Fsp3) is 0.933. The molecule has 4 heteroatoms. The minimum Gasteiger partial charge on any atom is -0.395 e. The second kappa shape index (κ2) is 10.2. The molecule has 0 aromatic heterocycles. The number of hydrogen-bond acceptors (Lipinski definition) is 3. The van der Waals surface area contributed by atoms with Gasteiger partial charge in [-0.15, -0.1) is 0 Å². The number of aliphatic hydroxyl groups is 1. The molecule has 0 atom stereocenters. The van der Waals surface area contributed by atoms with Crippen LogP contribution in [0.2, 0.25) is 0 Å². The number of nitrogens with zero attached hydrogens (tertiary/aromatic N) is 1. The van der Waals surface area contributed by atoms with E-state index >= 15 is 0 Å². The lowest BCUT2D eigenvalue weighted by atomic mass is 9.95. The summed E-state index contributed by atoms with van der Waals surface area (Å²) in [6.07, 6.45) is 8.92. The fourth-order valence-corrected chi connectivity index (χ4v) is 2.66. The quantitative estimate of drug-likeness (QED) is 0.673. The van der Waals surface area contributed by atoms with Gasteiger partial charge in [0.2, 0.25) is 5.91 Å². The predicted octanol–water partition coefficient (Wildman–Crippen LogP) is 1.92. The van der Waals surface area contributed by atoms with Crippen molar-refractivity contribution in [1.82, 2.24) is 10.2 Å². The molecule has 0 spiro atoms. The lowest BCUT2D eigenvalue weighted by Gasteiger charge is -2.24. The Morgan fingerprint density at radius 3 is 2.58 bits per heavy atom. The van der Waals surface area contributed by atoms with Gasteiger partial charge in [0.25, 0.3) is 0 Å². The van der Waals surface area contributed by atoms with Gasteiger partial charge < -0.3 is 15.3 Å². The van der Waals surface area contributed by atoms with E-state index in [1.807, 2.05) is 0 Å². The van der Waals surface area contributed by atoms with Crippen molar-refractivity contribution in [2.45, 2.75) is 64.3 Å². The maximum Gasteiger partial charge on any atom is 0.221 e. The molecule has 112 valence electrons. The van der Waals surface area contributed by atoms with Crippen LogP contribution in [0.25, 0.3) is 0 Å². The fourth-order valence-electron chi connectivity index (χ4n) is 2.66. The highest BCUT2D eigenvalue weighted by atomic mass is 16.3. The van der Waals surface area contributed by atoms with Gasteiger partial charge in [-0.05, 0) is 25.8 Å². The van der Waals surface area contributed by atoms with E-state index in [0.717, 1.165) is 38.8 Å². The minimum atomic E-state index is 0.173. The van der Waals surface area contributed by atoms with Gasteiger partial charge in [-0.25, -0.2) is 0 Å². The Balaban J connectivity index is 2.18. The summed E-state index contributed by atoms with van der Waals surface area (Å²) in [5, 5.41) is 12.2. The van der Waals surface area contributed by atoms with Crippen molar-refractivity contribution < 1.29 is 9.90 Å². The molecule has 0 aliphatic heterocycles. The number of unbranched alkanes of at least 4 members (excludes halogenated alkanes) is 1. The highest BCUT2D eigenvalue weighted by molar-refractivity contribution is 5.76. The Morgan fingerprint density at radius 1 is 1.21 bits per heavy atom. The number of amides is 1. The molecule has 0 aromatic rings. The summed E-state index contributed by atoms with van der Waals surface area (Å²) in [6, 6.07) is 0.406. The van der Waals surface area contributed by atoms with Crippen LogP contribution in [0.3, 0.4) is 0 Å². The summed E-state index contributed by atoms with van der Waals surface area (Å²) in [6.45, 7) is 4.75. The molecule has 0 bridgehead atoms. The highest BCUT2D eigenvalue weighted by Gasteiger charge is 2.16. The van der Waals surface area contributed by atoms with Crippen LogP contribution in [0.4, 0.5) is 0 Å². The van der Waals surface area contributed by atoms with E-state index in [4.69, 9.17) is 5.11 Å². The van der Waals surface area contributed by atoms with Crippen molar-refractivity contribution in [2.75, 3.05) is 26.2 Å². The van der Waals surface area contributed by atoms with Gasteiger partial charge in [-0.1, -0.05) is 32.6 Å². The van der Waals surface area contributed by atoms with Crippen molar-refractivity contribution in [3.05, 3.63) is 0 Å². The molecule has 1 rings (SSSR count). The van der Waals surface area contributed by atoms with Crippen molar-refractivity contribution in [2.24, 2.45) is 0 Å². The van der Waals surface area contributed by atoms with Crippen LogP contribution in [0.15, 0.2) is 0 Å². The van der Waals surface area contributed by atoms with E-state index in [-0.39, 0.29) is 12.5 Å². The Bertz CT molecular complexity index is 240. The van der Waals surface area contributed by atoms with E-state index in [1.54, 1.807) is 0 Å². The molecule has 2 N–H and O–H groups in total. The average molecular weight is 270 g/mol. The number of hydrogen-bond donors (Lipinski definition) is 2. The van der Waals surface area contributed by atoms with Crippen LogP contribution >= 0.6 is 0 Å². The molecule has 0 heterocycles. The Morgan fingerprint density at radius 2 is 1.95 bits per heavy atom.